The molecule has 0 aliphatic rings. The summed E-state index contributed by atoms with van der Waals surface area (Å²) in [6.45, 7) is 6.28. The highest BCUT2D eigenvalue weighted by Gasteiger charge is 2.22. The van der Waals surface area contributed by atoms with Gasteiger partial charge in [0, 0.05) is 18.0 Å². The third-order valence-corrected chi connectivity index (χ3v) is 3.70. The maximum absolute atomic E-state index is 12.1. The summed E-state index contributed by atoms with van der Waals surface area (Å²) < 4.78 is 10.4. The SMILES string of the molecule is COc1cc(C(=O)O)ccc1CCNC(=O)c1cc(C(C)(C)C)on1. The number of ether oxygens (including phenoxy) is 1. The van der Waals surface area contributed by atoms with Gasteiger partial charge in [0.25, 0.3) is 5.91 Å². The summed E-state index contributed by atoms with van der Waals surface area (Å²) in [7, 11) is 1.48. The molecule has 2 rings (SSSR count). The van der Waals surface area contributed by atoms with E-state index in [-0.39, 0.29) is 22.6 Å². The molecule has 25 heavy (non-hydrogen) atoms. The van der Waals surface area contributed by atoms with Gasteiger partial charge in [0.2, 0.25) is 0 Å². The molecule has 1 aromatic carbocycles. The molecule has 0 bridgehead atoms. The van der Waals surface area contributed by atoms with Crippen molar-refractivity contribution in [2.24, 2.45) is 0 Å². The first-order chi connectivity index (χ1) is 11.7. The molecule has 1 amide bonds. The van der Waals surface area contributed by atoms with Crippen LogP contribution in [0.2, 0.25) is 0 Å². The lowest BCUT2D eigenvalue weighted by molar-refractivity contribution is 0.0696. The Morgan fingerprint density at radius 1 is 1.28 bits per heavy atom. The molecule has 0 unspecified atom stereocenters. The van der Waals surface area contributed by atoms with Gasteiger partial charge in [-0.1, -0.05) is 32.0 Å². The fourth-order valence-corrected chi connectivity index (χ4v) is 2.22. The maximum atomic E-state index is 12.1. The molecule has 134 valence electrons. The average Bonchev–Trinajstić information content (AvgIpc) is 3.05. The Kier molecular flexibility index (Phi) is 5.46. The molecular formula is C18H22N2O5. The van der Waals surface area contributed by atoms with Gasteiger partial charge in [-0.25, -0.2) is 4.79 Å². The van der Waals surface area contributed by atoms with Crippen molar-refractivity contribution >= 4 is 11.9 Å². The van der Waals surface area contributed by atoms with Crippen LogP contribution < -0.4 is 10.1 Å². The Morgan fingerprint density at radius 2 is 2.00 bits per heavy atom. The van der Waals surface area contributed by atoms with Crippen molar-refractivity contribution in [1.82, 2.24) is 10.5 Å². The van der Waals surface area contributed by atoms with Gasteiger partial charge in [0.15, 0.2) is 5.69 Å². The molecule has 1 heterocycles. The summed E-state index contributed by atoms with van der Waals surface area (Å²) in [4.78, 5) is 23.1. The van der Waals surface area contributed by atoms with Gasteiger partial charge in [0.1, 0.15) is 11.5 Å². The summed E-state index contributed by atoms with van der Waals surface area (Å²) in [5, 5.41) is 15.6. The number of nitrogens with zero attached hydrogens (tertiary/aromatic N) is 1. The summed E-state index contributed by atoms with van der Waals surface area (Å²) in [6, 6.07) is 6.29. The monoisotopic (exact) mass is 346 g/mol. The quantitative estimate of drug-likeness (QED) is 0.834. The first-order valence-corrected chi connectivity index (χ1v) is 7.88. The number of amides is 1. The Hall–Kier alpha value is -2.83. The van der Waals surface area contributed by atoms with Gasteiger partial charge in [0.05, 0.1) is 12.7 Å². The molecule has 0 spiro atoms. The van der Waals surface area contributed by atoms with Crippen molar-refractivity contribution in [2.45, 2.75) is 32.6 Å². The lowest BCUT2D eigenvalue weighted by Gasteiger charge is -2.12. The number of carboxylic acid groups (broad SMARTS) is 1. The molecule has 2 aromatic rings. The van der Waals surface area contributed by atoms with Gasteiger partial charge in [-0.2, -0.15) is 0 Å². The molecule has 1 aromatic heterocycles. The van der Waals surface area contributed by atoms with Crippen LogP contribution in [0.5, 0.6) is 5.75 Å². The van der Waals surface area contributed by atoms with E-state index >= 15 is 0 Å². The van der Waals surface area contributed by atoms with Gasteiger partial charge >= 0.3 is 5.97 Å². The number of methoxy groups -OCH3 is 1. The molecule has 0 aliphatic heterocycles. The van der Waals surface area contributed by atoms with E-state index in [9.17, 15) is 9.59 Å². The number of hydrogen-bond acceptors (Lipinski definition) is 5. The zero-order chi connectivity index (χ0) is 18.6. The number of rotatable bonds is 6. The van der Waals surface area contributed by atoms with E-state index in [1.807, 2.05) is 20.8 Å². The van der Waals surface area contributed by atoms with Crippen molar-refractivity contribution in [3.8, 4) is 5.75 Å². The van der Waals surface area contributed by atoms with Crippen LogP contribution in [0.4, 0.5) is 0 Å². The largest absolute Gasteiger partial charge is 0.496 e. The minimum absolute atomic E-state index is 0.155. The number of aromatic nitrogens is 1. The molecular weight excluding hydrogens is 324 g/mol. The van der Waals surface area contributed by atoms with Gasteiger partial charge in [-0.3, -0.25) is 4.79 Å². The molecule has 0 saturated carbocycles. The molecule has 0 radical (unpaired) electrons. The van der Waals surface area contributed by atoms with Gasteiger partial charge in [-0.05, 0) is 24.1 Å². The minimum Gasteiger partial charge on any atom is -0.496 e. The van der Waals surface area contributed by atoms with Gasteiger partial charge in [-0.15, -0.1) is 0 Å². The third kappa shape index (κ3) is 4.59. The lowest BCUT2D eigenvalue weighted by atomic mass is 9.93. The van der Waals surface area contributed by atoms with Crippen LogP contribution in [0.15, 0.2) is 28.8 Å². The zero-order valence-corrected chi connectivity index (χ0v) is 14.8. The van der Waals surface area contributed by atoms with Crippen LogP contribution in [-0.2, 0) is 11.8 Å². The van der Waals surface area contributed by atoms with Crippen LogP contribution in [-0.4, -0.2) is 35.8 Å². The normalized spacial score (nSPS) is 11.2. The highest BCUT2D eigenvalue weighted by atomic mass is 16.5. The molecule has 0 fully saturated rings. The smallest absolute Gasteiger partial charge is 0.335 e. The van der Waals surface area contributed by atoms with E-state index in [1.54, 1.807) is 12.1 Å². The van der Waals surface area contributed by atoms with E-state index in [0.29, 0.717) is 24.5 Å². The molecule has 0 atom stereocenters. The summed E-state index contributed by atoms with van der Waals surface area (Å²) in [6.07, 6.45) is 0.499. The summed E-state index contributed by atoms with van der Waals surface area (Å²) in [5.41, 5.74) is 0.980. The second-order valence-corrected chi connectivity index (χ2v) is 6.66. The van der Waals surface area contributed by atoms with E-state index in [4.69, 9.17) is 14.4 Å². The predicted octanol–water partition coefficient (Wildman–Crippen LogP) is 2.65. The van der Waals surface area contributed by atoms with Crippen molar-refractivity contribution in [3.63, 3.8) is 0 Å². The standard InChI is InChI=1S/C18H22N2O5/c1-18(2,3)15-10-13(20-25-15)16(21)19-8-7-11-5-6-12(17(22)23)9-14(11)24-4/h5-6,9-10H,7-8H2,1-4H3,(H,19,21)(H,22,23). The summed E-state index contributed by atoms with van der Waals surface area (Å²) >= 11 is 0. The van der Waals surface area contributed by atoms with E-state index in [2.05, 4.69) is 10.5 Å². The average molecular weight is 346 g/mol. The maximum Gasteiger partial charge on any atom is 0.335 e. The molecule has 2 N–H and O–H groups in total. The molecule has 0 aliphatic carbocycles. The second-order valence-electron chi connectivity index (χ2n) is 6.66. The van der Waals surface area contributed by atoms with Crippen molar-refractivity contribution in [3.05, 3.63) is 46.8 Å². The minimum atomic E-state index is -1.01. The van der Waals surface area contributed by atoms with Crippen LogP contribution in [0.3, 0.4) is 0 Å². The number of carboxylic acids is 1. The fourth-order valence-electron chi connectivity index (χ4n) is 2.22. The third-order valence-electron chi connectivity index (χ3n) is 3.70. The van der Waals surface area contributed by atoms with E-state index < -0.39 is 5.97 Å². The Labute approximate surface area is 146 Å². The Bertz CT molecular complexity index is 774. The number of benzene rings is 1. The van der Waals surface area contributed by atoms with E-state index in [1.165, 1.54) is 19.2 Å². The molecule has 7 nitrogen and oxygen atoms in total. The van der Waals surface area contributed by atoms with Crippen LogP contribution in [0.25, 0.3) is 0 Å². The highest BCUT2D eigenvalue weighted by Crippen LogP contribution is 2.23. The van der Waals surface area contributed by atoms with Gasteiger partial charge < -0.3 is 19.7 Å². The van der Waals surface area contributed by atoms with Crippen LogP contribution >= 0.6 is 0 Å². The number of aromatic carboxylic acids is 1. The van der Waals surface area contributed by atoms with Crippen molar-refractivity contribution in [1.29, 1.82) is 0 Å². The number of carbonyl (C=O) groups is 2. The highest BCUT2D eigenvalue weighted by molar-refractivity contribution is 5.92. The fraction of sp³-hybridized carbons (Fsp3) is 0.389. The molecule has 7 heteroatoms. The predicted molar refractivity (Wildman–Crippen MR) is 91.2 cm³/mol. The molecule has 0 saturated heterocycles. The summed E-state index contributed by atoms with van der Waals surface area (Å²) in [5.74, 6) is -0.214. The van der Waals surface area contributed by atoms with Crippen LogP contribution in [0, 0.1) is 0 Å². The topological polar surface area (TPSA) is 102 Å². The lowest BCUT2D eigenvalue weighted by Crippen LogP contribution is -2.26. The van der Waals surface area contributed by atoms with Crippen molar-refractivity contribution in [2.75, 3.05) is 13.7 Å². The number of nitrogens with one attached hydrogen (secondary N) is 1. The number of carbonyl (C=O) groups excluding carboxylic acids is 1. The number of hydrogen-bond donors (Lipinski definition) is 2. The zero-order valence-electron chi connectivity index (χ0n) is 14.8. The van der Waals surface area contributed by atoms with Crippen LogP contribution in [0.1, 0.15) is 52.9 Å². The second kappa shape index (κ2) is 7.38. The van der Waals surface area contributed by atoms with E-state index in [0.717, 1.165) is 5.56 Å². The Morgan fingerprint density at radius 3 is 2.56 bits per heavy atom. The first-order valence-electron chi connectivity index (χ1n) is 7.88. The first kappa shape index (κ1) is 18.5. The van der Waals surface area contributed by atoms with Crippen molar-refractivity contribution < 1.29 is 24.0 Å². The Balaban J connectivity index is 1.97.